The van der Waals surface area contributed by atoms with Crippen LogP contribution in [0.15, 0.2) is 40.9 Å². The molecule has 0 atom stereocenters. The average molecular weight is 483 g/mol. The first-order chi connectivity index (χ1) is 16.3. The van der Waals surface area contributed by atoms with Gasteiger partial charge in [0.1, 0.15) is 5.75 Å². The second-order valence-electron chi connectivity index (χ2n) is 9.25. The Morgan fingerprint density at radius 1 is 1.29 bits per heavy atom. The van der Waals surface area contributed by atoms with Crippen LogP contribution in [-0.2, 0) is 16.8 Å². The summed E-state index contributed by atoms with van der Waals surface area (Å²) in [5.74, 6) is 0.768. The van der Waals surface area contributed by atoms with Gasteiger partial charge >= 0.3 is 5.97 Å². The number of aromatic nitrogens is 2. The molecule has 8 nitrogen and oxygen atoms in total. The predicted octanol–water partition coefficient (Wildman–Crippen LogP) is 4.92. The molecular formula is C25H27ClN4O4. The van der Waals surface area contributed by atoms with Crippen molar-refractivity contribution in [3.63, 3.8) is 0 Å². The van der Waals surface area contributed by atoms with Crippen molar-refractivity contribution in [2.24, 2.45) is 0 Å². The van der Waals surface area contributed by atoms with E-state index in [9.17, 15) is 4.79 Å². The van der Waals surface area contributed by atoms with E-state index >= 15 is 0 Å². The number of ether oxygens (including phenoxy) is 1. The third-order valence-corrected chi connectivity index (χ3v) is 6.58. The van der Waals surface area contributed by atoms with Gasteiger partial charge in [0, 0.05) is 36.3 Å². The topological polar surface area (TPSA) is 101 Å². The molecule has 1 spiro atoms. The number of carboxylic acids is 1. The van der Waals surface area contributed by atoms with Crippen LogP contribution in [0.4, 0.5) is 11.6 Å². The van der Waals surface area contributed by atoms with Crippen molar-refractivity contribution in [3.8, 4) is 17.2 Å². The Morgan fingerprint density at radius 3 is 2.82 bits per heavy atom. The highest BCUT2D eigenvalue weighted by molar-refractivity contribution is 6.32. The van der Waals surface area contributed by atoms with Gasteiger partial charge in [0.25, 0.3) is 11.8 Å². The lowest BCUT2D eigenvalue weighted by molar-refractivity contribution is -0.136. The van der Waals surface area contributed by atoms with Gasteiger partial charge in [-0.2, -0.15) is 4.98 Å². The fourth-order valence-electron chi connectivity index (χ4n) is 4.44. The van der Waals surface area contributed by atoms with Gasteiger partial charge in [-0.25, -0.2) is 0 Å². The van der Waals surface area contributed by atoms with E-state index in [2.05, 4.69) is 38.6 Å². The molecule has 3 aromatic rings. The number of hydrogen-bond donors (Lipinski definition) is 2. The van der Waals surface area contributed by atoms with Gasteiger partial charge in [-0.15, -0.1) is 0 Å². The summed E-state index contributed by atoms with van der Waals surface area (Å²) in [5, 5.41) is 16.8. The molecule has 2 N–H and O–H groups in total. The molecule has 5 rings (SSSR count). The van der Waals surface area contributed by atoms with Gasteiger partial charge in [-0.05, 0) is 67.2 Å². The number of nitrogens with zero attached hydrogens (tertiary/aromatic N) is 3. The molecule has 2 aromatic carbocycles. The Balaban J connectivity index is 1.35. The van der Waals surface area contributed by atoms with Crippen molar-refractivity contribution in [2.75, 3.05) is 18.0 Å². The number of benzene rings is 2. The van der Waals surface area contributed by atoms with Crippen molar-refractivity contribution in [1.82, 2.24) is 15.5 Å². The lowest BCUT2D eigenvalue weighted by Gasteiger charge is -2.14. The summed E-state index contributed by atoms with van der Waals surface area (Å²) in [4.78, 5) is 17.5. The molecule has 2 heterocycles. The number of nitrogens with one attached hydrogen (secondary N) is 1. The van der Waals surface area contributed by atoms with E-state index in [-0.39, 0.29) is 17.9 Å². The monoisotopic (exact) mass is 482 g/mol. The first kappa shape index (κ1) is 22.7. The van der Waals surface area contributed by atoms with Gasteiger partial charge in [-0.1, -0.05) is 23.7 Å². The maximum atomic E-state index is 10.7. The van der Waals surface area contributed by atoms with E-state index in [1.54, 1.807) is 6.07 Å². The number of anilines is 2. The summed E-state index contributed by atoms with van der Waals surface area (Å²) in [5.41, 5.74) is 4.41. The Bertz CT molecular complexity index is 1220. The number of rotatable bonds is 9. The number of carbonyl (C=O) groups is 1. The maximum absolute atomic E-state index is 10.7. The van der Waals surface area contributed by atoms with Gasteiger partial charge in [0.2, 0.25) is 0 Å². The molecule has 9 heteroatoms. The standard InChI is InChI=1S/C25H27ClN4O4/c1-15(2)33-21-6-4-17(12-19(21)26)23-28-24(29-34-23)30-14-25(8-9-25)18-11-16(3-5-20(18)30)13-27-10-7-22(31)32/h3-6,11-12,15,27H,7-10,13-14H2,1-2H3,(H,31,32). The summed E-state index contributed by atoms with van der Waals surface area (Å²) >= 11 is 6.39. The minimum atomic E-state index is -0.796. The van der Waals surface area contributed by atoms with Crippen LogP contribution in [0.5, 0.6) is 5.75 Å². The lowest BCUT2D eigenvalue weighted by atomic mass is 9.96. The highest BCUT2D eigenvalue weighted by Gasteiger charge is 2.52. The number of fused-ring (bicyclic) bond motifs is 2. The van der Waals surface area contributed by atoms with Crippen molar-refractivity contribution >= 4 is 29.2 Å². The van der Waals surface area contributed by atoms with Crippen LogP contribution in [0, 0.1) is 0 Å². The zero-order valence-corrected chi connectivity index (χ0v) is 19.9. The van der Waals surface area contributed by atoms with Crippen molar-refractivity contribution < 1.29 is 19.2 Å². The predicted molar refractivity (Wildman–Crippen MR) is 129 cm³/mol. The Hall–Kier alpha value is -3.10. The molecule has 1 fully saturated rings. The Morgan fingerprint density at radius 2 is 2.12 bits per heavy atom. The molecular weight excluding hydrogens is 456 g/mol. The zero-order chi connectivity index (χ0) is 23.9. The molecule has 0 saturated heterocycles. The van der Waals surface area contributed by atoms with E-state index in [0.717, 1.165) is 36.2 Å². The van der Waals surface area contributed by atoms with Crippen LogP contribution in [0.3, 0.4) is 0 Å². The molecule has 34 heavy (non-hydrogen) atoms. The summed E-state index contributed by atoms with van der Waals surface area (Å²) in [7, 11) is 0. The molecule has 2 aliphatic rings. The summed E-state index contributed by atoms with van der Waals surface area (Å²) in [6, 6.07) is 11.9. The largest absolute Gasteiger partial charge is 0.489 e. The number of aliphatic carboxylic acids is 1. The Labute approximate surface area is 202 Å². The van der Waals surface area contributed by atoms with Crippen LogP contribution in [0.1, 0.15) is 44.2 Å². The molecule has 1 aromatic heterocycles. The molecule has 0 bridgehead atoms. The van der Waals surface area contributed by atoms with Gasteiger partial charge in [0.05, 0.1) is 17.5 Å². The smallest absolute Gasteiger partial charge is 0.304 e. The maximum Gasteiger partial charge on any atom is 0.304 e. The molecule has 0 amide bonds. The zero-order valence-electron chi connectivity index (χ0n) is 19.2. The van der Waals surface area contributed by atoms with Crippen molar-refractivity contribution in [2.45, 2.75) is 51.2 Å². The molecule has 1 aliphatic heterocycles. The van der Waals surface area contributed by atoms with Crippen LogP contribution >= 0.6 is 11.6 Å². The van der Waals surface area contributed by atoms with Crippen LogP contribution < -0.4 is 15.0 Å². The fourth-order valence-corrected chi connectivity index (χ4v) is 4.66. The molecule has 178 valence electrons. The summed E-state index contributed by atoms with van der Waals surface area (Å²) in [6.45, 7) is 5.81. The fraction of sp³-hybridized carbons (Fsp3) is 0.400. The normalized spacial score (nSPS) is 15.7. The van der Waals surface area contributed by atoms with Crippen LogP contribution in [0.25, 0.3) is 11.5 Å². The van der Waals surface area contributed by atoms with E-state index in [0.29, 0.717) is 35.7 Å². The second kappa shape index (κ2) is 8.92. The molecule has 1 saturated carbocycles. The van der Waals surface area contributed by atoms with Crippen molar-refractivity contribution in [3.05, 3.63) is 52.5 Å². The summed E-state index contributed by atoms with van der Waals surface area (Å²) < 4.78 is 11.3. The third kappa shape index (κ3) is 4.48. The van der Waals surface area contributed by atoms with Gasteiger partial charge in [-0.3, -0.25) is 4.79 Å². The van der Waals surface area contributed by atoms with Crippen molar-refractivity contribution in [1.29, 1.82) is 0 Å². The minimum Gasteiger partial charge on any atom is -0.489 e. The van der Waals surface area contributed by atoms with Crippen LogP contribution in [-0.4, -0.2) is 40.4 Å². The van der Waals surface area contributed by atoms with Crippen LogP contribution in [0.2, 0.25) is 5.02 Å². The minimum absolute atomic E-state index is 0.0318. The number of carboxylic acid groups (broad SMARTS) is 1. The quantitative estimate of drug-likeness (QED) is 0.414. The number of halogens is 1. The van der Waals surface area contributed by atoms with E-state index in [4.69, 9.17) is 26.0 Å². The van der Waals surface area contributed by atoms with E-state index in [1.165, 1.54) is 5.56 Å². The van der Waals surface area contributed by atoms with E-state index < -0.39 is 5.97 Å². The molecule has 0 unspecified atom stereocenters. The highest BCUT2D eigenvalue weighted by Crippen LogP contribution is 2.58. The average Bonchev–Trinajstić information content (AvgIpc) is 3.28. The third-order valence-electron chi connectivity index (χ3n) is 6.28. The Kier molecular flexibility index (Phi) is 5.95. The molecule has 0 radical (unpaired) electrons. The molecule has 1 aliphatic carbocycles. The van der Waals surface area contributed by atoms with Gasteiger partial charge < -0.3 is 24.6 Å². The summed E-state index contributed by atoms with van der Waals surface area (Å²) in [6.07, 6.45) is 2.40. The second-order valence-corrected chi connectivity index (χ2v) is 9.66. The lowest BCUT2D eigenvalue weighted by Crippen LogP contribution is -2.20. The van der Waals surface area contributed by atoms with Gasteiger partial charge in [0.15, 0.2) is 0 Å². The SMILES string of the molecule is CC(C)Oc1ccc(-c2nc(N3CC4(CC4)c4cc(CNCCC(=O)O)ccc43)no2)cc1Cl. The van der Waals surface area contributed by atoms with E-state index in [1.807, 2.05) is 26.0 Å². The first-order valence-corrected chi connectivity index (χ1v) is 11.9. The first-order valence-electron chi connectivity index (χ1n) is 11.5. The number of hydrogen-bond acceptors (Lipinski definition) is 7. The highest BCUT2D eigenvalue weighted by atomic mass is 35.5.